The first kappa shape index (κ1) is 14.7. The van der Waals surface area contributed by atoms with E-state index in [1.807, 2.05) is 0 Å². The number of likely N-dealkylation sites (tertiary alicyclic amines) is 1. The van der Waals surface area contributed by atoms with Crippen LogP contribution in [0.2, 0.25) is 0 Å². The predicted octanol–water partition coefficient (Wildman–Crippen LogP) is 2.79. The molecule has 0 bridgehead atoms. The third kappa shape index (κ3) is 2.61. The van der Waals surface area contributed by atoms with Crippen LogP contribution in [0.3, 0.4) is 0 Å². The molecule has 1 unspecified atom stereocenters. The number of aromatic nitrogens is 1. The molecule has 0 saturated carbocycles. The average Bonchev–Trinajstić information content (AvgIpc) is 2.49. The van der Waals surface area contributed by atoms with Crippen molar-refractivity contribution in [1.82, 2.24) is 9.88 Å². The molecule has 1 aliphatic heterocycles. The molecule has 0 spiro atoms. The van der Waals surface area contributed by atoms with Gasteiger partial charge in [0.05, 0.1) is 6.54 Å². The molecule has 1 fully saturated rings. The summed E-state index contributed by atoms with van der Waals surface area (Å²) in [6.07, 6.45) is 0.0305. The van der Waals surface area contributed by atoms with Crippen LogP contribution in [0.5, 0.6) is 0 Å². The van der Waals surface area contributed by atoms with E-state index in [4.69, 9.17) is 0 Å². The highest BCUT2D eigenvalue weighted by molar-refractivity contribution is 5.96. The minimum Gasteiger partial charge on any atom is -0.329 e. The molecule has 2 aromatic rings. The number of halogens is 2. The summed E-state index contributed by atoms with van der Waals surface area (Å²) in [5.74, 6) is -3.44. The summed E-state index contributed by atoms with van der Waals surface area (Å²) in [7, 11) is 0. The zero-order chi connectivity index (χ0) is 15.9. The number of nitrogens with one attached hydrogen (secondary N) is 1. The van der Waals surface area contributed by atoms with Gasteiger partial charge in [-0.2, -0.15) is 0 Å². The second-order valence-corrected chi connectivity index (χ2v) is 5.78. The second-order valence-electron chi connectivity index (χ2n) is 5.78. The SMILES string of the molecule is CC1CCC(F)(F)CN1C(=O)c1cc2ccccc2c(=O)[nH]1. The summed E-state index contributed by atoms with van der Waals surface area (Å²) in [5.41, 5.74) is -0.342. The molecule has 0 aliphatic carbocycles. The van der Waals surface area contributed by atoms with Gasteiger partial charge in [0.25, 0.3) is 17.4 Å². The minimum absolute atomic E-state index is 0.0493. The lowest BCUT2D eigenvalue weighted by Gasteiger charge is -2.37. The van der Waals surface area contributed by atoms with E-state index in [2.05, 4.69) is 4.98 Å². The van der Waals surface area contributed by atoms with Gasteiger partial charge in [-0.15, -0.1) is 0 Å². The third-order valence-electron chi connectivity index (χ3n) is 4.11. The highest BCUT2D eigenvalue weighted by atomic mass is 19.3. The van der Waals surface area contributed by atoms with Crippen molar-refractivity contribution < 1.29 is 13.6 Å². The average molecular weight is 306 g/mol. The van der Waals surface area contributed by atoms with Gasteiger partial charge in [0.15, 0.2) is 0 Å². The van der Waals surface area contributed by atoms with Crippen LogP contribution in [0.1, 0.15) is 30.3 Å². The molecule has 1 N–H and O–H groups in total. The van der Waals surface area contributed by atoms with Crippen LogP contribution in [-0.4, -0.2) is 34.3 Å². The van der Waals surface area contributed by atoms with Gasteiger partial charge < -0.3 is 9.88 Å². The van der Waals surface area contributed by atoms with Crippen molar-refractivity contribution in [3.05, 3.63) is 46.4 Å². The Morgan fingerprint density at radius 2 is 2.09 bits per heavy atom. The van der Waals surface area contributed by atoms with Crippen molar-refractivity contribution in [1.29, 1.82) is 0 Å². The largest absolute Gasteiger partial charge is 0.329 e. The lowest BCUT2D eigenvalue weighted by atomic mass is 10.00. The Morgan fingerprint density at radius 3 is 2.86 bits per heavy atom. The van der Waals surface area contributed by atoms with Crippen LogP contribution in [-0.2, 0) is 0 Å². The summed E-state index contributed by atoms with van der Waals surface area (Å²) < 4.78 is 27.1. The molecule has 1 aliphatic rings. The number of rotatable bonds is 1. The van der Waals surface area contributed by atoms with Crippen molar-refractivity contribution in [2.75, 3.05) is 6.54 Å². The van der Waals surface area contributed by atoms with E-state index in [1.54, 1.807) is 37.3 Å². The molecular formula is C16H16F2N2O2. The Bertz CT molecular complexity index is 785. The van der Waals surface area contributed by atoms with Gasteiger partial charge in [0, 0.05) is 17.8 Å². The highest BCUT2D eigenvalue weighted by Gasteiger charge is 2.40. The van der Waals surface area contributed by atoms with Gasteiger partial charge in [0.1, 0.15) is 5.69 Å². The zero-order valence-electron chi connectivity index (χ0n) is 12.1. The normalized spacial score (nSPS) is 21.0. The molecule has 1 amide bonds. The Morgan fingerprint density at radius 1 is 1.36 bits per heavy atom. The number of benzene rings is 1. The predicted molar refractivity (Wildman–Crippen MR) is 79.2 cm³/mol. The van der Waals surface area contributed by atoms with Crippen LogP contribution in [0, 0.1) is 0 Å². The zero-order valence-corrected chi connectivity index (χ0v) is 12.1. The standard InChI is InChI=1S/C16H16F2N2O2/c1-10-6-7-16(17,18)9-20(10)15(22)13-8-11-4-2-3-5-12(11)14(21)19-13/h2-5,8,10H,6-7,9H2,1H3,(H,19,21). The van der Waals surface area contributed by atoms with E-state index in [1.165, 1.54) is 0 Å². The quantitative estimate of drug-likeness (QED) is 0.881. The fourth-order valence-corrected chi connectivity index (χ4v) is 2.81. The summed E-state index contributed by atoms with van der Waals surface area (Å²) in [6.45, 7) is 1.13. The first-order chi connectivity index (χ1) is 10.4. The van der Waals surface area contributed by atoms with Crippen molar-refractivity contribution >= 4 is 16.7 Å². The fraction of sp³-hybridized carbons (Fsp3) is 0.375. The Hall–Kier alpha value is -2.24. The van der Waals surface area contributed by atoms with Crippen LogP contribution in [0.15, 0.2) is 35.1 Å². The topological polar surface area (TPSA) is 53.2 Å². The maximum atomic E-state index is 13.6. The van der Waals surface area contributed by atoms with Gasteiger partial charge in [-0.3, -0.25) is 9.59 Å². The van der Waals surface area contributed by atoms with E-state index in [0.29, 0.717) is 10.8 Å². The van der Waals surface area contributed by atoms with Gasteiger partial charge in [0.2, 0.25) is 0 Å². The van der Waals surface area contributed by atoms with E-state index < -0.39 is 23.9 Å². The summed E-state index contributed by atoms with van der Waals surface area (Å²) in [5, 5.41) is 1.09. The smallest absolute Gasteiger partial charge is 0.270 e. The maximum Gasteiger partial charge on any atom is 0.270 e. The van der Waals surface area contributed by atoms with E-state index in [9.17, 15) is 18.4 Å². The number of carbonyl (C=O) groups excluding carboxylic acids is 1. The number of carbonyl (C=O) groups is 1. The van der Waals surface area contributed by atoms with Crippen LogP contribution >= 0.6 is 0 Å². The van der Waals surface area contributed by atoms with Gasteiger partial charge in [-0.1, -0.05) is 18.2 Å². The first-order valence-corrected chi connectivity index (χ1v) is 7.18. The third-order valence-corrected chi connectivity index (χ3v) is 4.11. The maximum absolute atomic E-state index is 13.6. The van der Waals surface area contributed by atoms with Crippen molar-refractivity contribution in [2.45, 2.75) is 31.7 Å². The number of fused-ring (bicyclic) bond motifs is 1. The molecule has 6 heteroatoms. The summed E-state index contributed by atoms with van der Waals surface area (Å²) >= 11 is 0. The number of pyridine rings is 1. The van der Waals surface area contributed by atoms with Gasteiger partial charge in [-0.05, 0) is 30.9 Å². The Labute approximate surface area is 125 Å². The number of aromatic amines is 1. The monoisotopic (exact) mass is 306 g/mol. The van der Waals surface area contributed by atoms with Crippen LogP contribution in [0.25, 0.3) is 10.8 Å². The molecule has 4 nitrogen and oxygen atoms in total. The lowest BCUT2D eigenvalue weighted by molar-refractivity contribution is -0.0696. The van der Waals surface area contributed by atoms with Crippen LogP contribution in [0.4, 0.5) is 8.78 Å². The number of piperidine rings is 1. The molecule has 2 heterocycles. The number of hydrogen-bond donors (Lipinski definition) is 1. The number of H-pyrrole nitrogens is 1. The number of nitrogens with zero attached hydrogens (tertiary/aromatic N) is 1. The molecule has 1 saturated heterocycles. The number of hydrogen-bond acceptors (Lipinski definition) is 2. The number of amides is 1. The molecule has 1 atom stereocenters. The Kier molecular flexibility index (Phi) is 3.47. The van der Waals surface area contributed by atoms with Crippen LogP contribution < -0.4 is 5.56 Å². The first-order valence-electron chi connectivity index (χ1n) is 7.18. The van der Waals surface area contributed by atoms with Crippen molar-refractivity contribution in [3.63, 3.8) is 0 Å². The van der Waals surface area contributed by atoms with E-state index in [0.717, 1.165) is 4.90 Å². The lowest BCUT2D eigenvalue weighted by Crippen LogP contribution is -2.50. The Balaban J connectivity index is 2.00. The highest BCUT2D eigenvalue weighted by Crippen LogP contribution is 2.30. The summed E-state index contributed by atoms with van der Waals surface area (Å²) in [4.78, 5) is 28.2. The second kappa shape index (κ2) is 5.19. The van der Waals surface area contributed by atoms with Gasteiger partial charge >= 0.3 is 0 Å². The molecule has 1 aromatic heterocycles. The fourth-order valence-electron chi connectivity index (χ4n) is 2.81. The molecule has 1 aromatic carbocycles. The molecule has 0 radical (unpaired) electrons. The van der Waals surface area contributed by atoms with Gasteiger partial charge in [-0.25, -0.2) is 8.78 Å². The van der Waals surface area contributed by atoms with E-state index >= 15 is 0 Å². The minimum atomic E-state index is -2.88. The number of alkyl halides is 2. The molecular weight excluding hydrogens is 290 g/mol. The molecule has 22 heavy (non-hydrogen) atoms. The van der Waals surface area contributed by atoms with Crippen molar-refractivity contribution in [2.24, 2.45) is 0 Å². The van der Waals surface area contributed by atoms with Crippen molar-refractivity contribution in [3.8, 4) is 0 Å². The van der Waals surface area contributed by atoms with E-state index in [-0.39, 0.29) is 24.6 Å². The summed E-state index contributed by atoms with van der Waals surface area (Å²) in [6, 6.07) is 8.12. The molecule has 3 rings (SSSR count). The molecule has 116 valence electrons.